The Bertz CT molecular complexity index is 1350. The fourth-order valence-corrected chi connectivity index (χ4v) is 4.75. The molecule has 0 amide bonds. The van der Waals surface area contributed by atoms with E-state index in [2.05, 4.69) is 17.4 Å². The summed E-state index contributed by atoms with van der Waals surface area (Å²) in [6.45, 7) is 4.42. The first-order valence-corrected chi connectivity index (χ1v) is 11.6. The van der Waals surface area contributed by atoms with Gasteiger partial charge in [-0.25, -0.2) is 0 Å². The lowest BCUT2D eigenvalue weighted by Crippen LogP contribution is -2.02. The van der Waals surface area contributed by atoms with Gasteiger partial charge in [0.25, 0.3) is 0 Å². The van der Waals surface area contributed by atoms with Gasteiger partial charge in [0.2, 0.25) is 0 Å². The van der Waals surface area contributed by atoms with Crippen molar-refractivity contribution in [1.29, 1.82) is 0 Å². The van der Waals surface area contributed by atoms with Gasteiger partial charge in [0.15, 0.2) is 5.78 Å². The first-order valence-electron chi connectivity index (χ1n) is 10.7. The summed E-state index contributed by atoms with van der Waals surface area (Å²) in [5.41, 5.74) is 4.95. The quantitative estimate of drug-likeness (QED) is 0.212. The third-order valence-corrected chi connectivity index (χ3v) is 6.45. The van der Waals surface area contributed by atoms with E-state index in [9.17, 15) is 4.79 Å². The molecular formula is C28H23NO3S. The van der Waals surface area contributed by atoms with Crippen molar-refractivity contribution >= 4 is 35.0 Å². The molecule has 0 bridgehead atoms. The van der Waals surface area contributed by atoms with E-state index in [1.807, 2.05) is 74.5 Å². The van der Waals surface area contributed by atoms with Crippen molar-refractivity contribution in [2.75, 3.05) is 5.32 Å². The molecule has 1 aromatic heterocycles. The maximum absolute atomic E-state index is 12.7. The number of furan rings is 1. The van der Waals surface area contributed by atoms with Crippen molar-refractivity contribution in [1.82, 2.24) is 0 Å². The zero-order valence-corrected chi connectivity index (χ0v) is 19.2. The maximum atomic E-state index is 12.7. The van der Waals surface area contributed by atoms with E-state index in [0.29, 0.717) is 23.7 Å². The highest BCUT2D eigenvalue weighted by Gasteiger charge is 2.16. The monoisotopic (exact) mass is 453 g/mol. The van der Waals surface area contributed by atoms with Crippen LogP contribution in [-0.2, 0) is 6.61 Å². The van der Waals surface area contributed by atoms with Gasteiger partial charge in [0, 0.05) is 15.4 Å². The van der Waals surface area contributed by atoms with Crippen LogP contribution in [0.25, 0.3) is 6.08 Å². The number of fused-ring (bicyclic) bond motifs is 2. The number of anilines is 2. The lowest BCUT2D eigenvalue weighted by molar-refractivity contribution is 0.104. The molecule has 0 aliphatic carbocycles. The molecule has 3 aromatic carbocycles. The molecule has 0 spiro atoms. The average Bonchev–Trinajstić information content (AvgIpc) is 3.27. The summed E-state index contributed by atoms with van der Waals surface area (Å²) >= 11 is 1.70. The molecule has 4 nitrogen and oxygen atoms in total. The molecule has 1 aliphatic heterocycles. The normalized spacial score (nSPS) is 12.2. The molecular weight excluding hydrogens is 430 g/mol. The molecule has 1 aliphatic rings. The number of carbonyl (C=O) groups excluding carboxylic acids is 1. The number of nitrogens with one attached hydrogen (secondary N) is 1. The van der Waals surface area contributed by atoms with E-state index in [-0.39, 0.29) is 5.78 Å². The largest absolute Gasteiger partial charge is 0.486 e. The van der Waals surface area contributed by atoms with Crippen molar-refractivity contribution in [3.05, 3.63) is 107 Å². The summed E-state index contributed by atoms with van der Waals surface area (Å²) in [6.07, 6.45) is 3.23. The van der Waals surface area contributed by atoms with Gasteiger partial charge in [-0.2, -0.15) is 0 Å². The molecule has 5 heteroatoms. The molecule has 4 aromatic rings. The Morgan fingerprint density at radius 1 is 0.939 bits per heavy atom. The van der Waals surface area contributed by atoms with Gasteiger partial charge in [0.05, 0.1) is 11.4 Å². The number of rotatable bonds is 6. The summed E-state index contributed by atoms with van der Waals surface area (Å²) in [6, 6.07) is 23.7. The van der Waals surface area contributed by atoms with E-state index in [1.54, 1.807) is 23.9 Å². The van der Waals surface area contributed by atoms with Gasteiger partial charge >= 0.3 is 0 Å². The van der Waals surface area contributed by atoms with Crippen LogP contribution in [0.2, 0.25) is 0 Å². The first kappa shape index (κ1) is 21.2. The van der Waals surface area contributed by atoms with Crippen molar-refractivity contribution in [3.63, 3.8) is 0 Å². The lowest BCUT2D eigenvalue weighted by atomic mass is 10.1. The van der Waals surface area contributed by atoms with Gasteiger partial charge < -0.3 is 14.5 Å². The molecule has 1 N–H and O–H groups in total. The smallest absolute Gasteiger partial charge is 0.186 e. The van der Waals surface area contributed by atoms with Crippen LogP contribution in [0.15, 0.2) is 93.1 Å². The first-order chi connectivity index (χ1) is 16.0. The molecule has 0 saturated heterocycles. The van der Waals surface area contributed by atoms with Crippen molar-refractivity contribution in [3.8, 4) is 5.75 Å². The Morgan fingerprint density at radius 3 is 2.58 bits per heavy atom. The van der Waals surface area contributed by atoms with Crippen molar-refractivity contribution in [2.24, 2.45) is 0 Å². The number of aryl methyl sites for hydroxylation is 2. The number of allylic oxidation sites excluding steroid dienone is 1. The average molecular weight is 454 g/mol. The minimum atomic E-state index is -0.0760. The number of ketones is 1. The van der Waals surface area contributed by atoms with Gasteiger partial charge in [-0.3, -0.25) is 4.79 Å². The van der Waals surface area contributed by atoms with Gasteiger partial charge in [0.1, 0.15) is 23.9 Å². The fraction of sp³-hybridized carbons (Fsp3) is 0.107. The number of para-hydroxylation sites is 1. The van der Waals surface area contributed by atoms with Gasteiger partial charge in [-0.05, 0) is 91.7 Å². The van der Waals surface area contributed by atoms with Crippen LogP contribution in [-0.4, -0.2) is 5.78 Å². The van der Waals surface area contributed by atoms with E-state index in [0.717, 1.165) is 33.1 Å². The molecule has 5 rings (SSSR count). The lowest BCUT2D eigenvalue weighted by Gasteiger charge is -2.20. The van der Waals surface area contributed by atoms with Crippen LogP contribution < -0.4 is 10.1 Å². The maximum Gasteiger partial charge on any atom is 0.186 e. The summed E-state index contributed by atoms with van der Waals surface area (Å²) in [4.78, 5) is 15.0. The molecule has 164 valence electrons. The van der Waals surface area contributed by atoms with E-state index >= 15 is 0 Å². The minimum absolute atomic E-state index is 0.0760. The number of hydrogen-bond acceptors (Lipinski definition) is 5. The Morgan fingerprint density at radius 2 is 1.73 bits per heavy atom. The SMILES string of the molecule is Cc1cc(C)cc(OCc2ccc(/C=C/C(=O)c3ccc4c(c3)Nc3ccccc3S4)o2)c1. The Labute approximate surface area is 197 Å². The minimum Gasteiger partial charge on any atom is -0.486 e. The molecule has 0 atom stereocenters. The second-order valence-electron chi connectivity index (χ2n) is 8.05. The zero-order chi connectivity index (χ0) is 22.8. The number of ether oxygens (including phenoxy) is 1. The highest BCUT2D eigenvalue weighted by Crippen LogP contribution is 2.44. The number of hydrogen-bond donors (Lipinski definition) is 1. The van der Waals surface area contributed by atoms with E-state index in [1.165, 1.54) is 4.90 Å². The Hall–Kier alpha value is -3.70. The standard InChI is InChI=1S/C28H23NO3S/c1-18-13-19(2)15-23(14-18)31-17-22-9-8-21(32-22)10-11-26(30)20-7-12-28-25(16-20)29-24-5-3-4-6-27(24)33-28/h3-16,29H,17H2,1-2H3/b11-10+. The summed E-state index contributed by atoms with van der Waals surface area (Å²) < 4.78 is 11.6. The summed E-state index contributed by atoms with van der Waals surface area (Å²) in [5.74, 6) is 2.06. The highest BCUT2D eigenvalue weighted by molar-refractivity contribution is 7.99. The van der Waals surface area contributed by atoms with Crippen LogP contribution in [0.5, 0.6) is 5.75 Å². The van der Waals surface area contributed by atoms with Crippen LogP contribution in [0.1, 0.15) is 33.0 Å². The fourth-order valence-electron chi connectivity index (χ4n) is 3.78. The third-order valence-electron chi connectivity index (χ3n) is 5.30. The predicted octanol–water partition coefficient (Wildman–Crippen LogP) is 7.58. The van der Waals surface area contributed by atoms with Gasteiger partial charge in [-0.1, -0.05) is 30.0 Å². The Balaban J connectivity index is 1.23. The van der Waals surface area contributed by atoms with Crippen molar-refractivity contribution < 1.29 is 13.9 Å². The van der Waals surface area contributed by atoms with Crippen LogP contribution in [0, 0.1) is 13.8 Å². The van der Waals surface area contributed by atoms with Crippen LogP contribution in [0.4, 0.5) is 11.4 Å². The highest BCUT2D eigenvalue weighted by atomic mass is 32.2. The molecule has 0 unspecified atom stereocenters. The molecule has 2 heterocycles. The van der Waals surface area contributed by atoms with Crippen LogP contribution >= 0.6 is 11.8 Å². The van der Waals surface area contributed by atoms with E-state index < -0.39 is 0 Å². The zero-order valence-electron chi connectivity index (χ0n) is 18.4. The third kappa shape index (κ3) is 4.89. The second kappa shape index (κ2) is 9.04. The number of carbonyl (C=O) groups is 1. The van der Waals surface area contributed by atoms with Crippen LogP contribution in [0.3, 0.4) is 0 Å². The molecule has 33 heavy (non-hydrogen) atoms. The topological polar surface area (TPSA) is 51.5 Å². The molecule has 0 saturated carbocycles. The number of benzene rings is 3. The molecule has 0 fully saturated rings. The predicted molar refractivity (Wildman–Crippen MR) is 133 cm³/mol. The summed E-state index contributed by atoms with van der Waals surface area (Å²) in [7, 11) is 0. The van der Waals surface area contributed by atoms with E-state index in [4.69, 9.17) is 9.15 Å². The second-order valence-corrected chi connectivity index (χ2v) is 9.13. The Kier molecular flexibility index (Phi) is 5.80. The summed E-state index contributed by atoms with van der Waals surface area (Å²) in [5, 5.41) is 3.42. The van der Waals surface area contributed by atoms with Crippen molar-refractivity contribution in [2.45, 2.75) is 30.2 Å². The molecule has 0 radical (unpaired) electrons. The van der Waals surface area contributed by atoms with Gasteiger partial charge in [-0.15, -0.1) is 0 Å².